The summed E-state index contributed by atoms with van der Waals surface area (Å²) < 4.78 is 11.2. The molecule has 1 spiro atoms. The second kappa shape index (κ2) is 9.39. The number of rotatable bonds is 4. The van der Waals surface area contributed by atoms with Crippen LogP contribution in [-0.4, -0.2) is 88.0 Å². The summed E-state index contributed by atoms with van der Waals surface area (Å²) >= 11 is 0. The molecule has 2 atom stereocenters. The summed E-state index contributed by atoms with van der Waals surface area (Å²) in [5.41, 5.74) is 0.612. The summed E-state index contributed by atoms with van der Waals surface area (Å²) in [6.07, 6.45) is 6.76. The van der Waals surface area contributed by atoms with Gasteiger partial charge in [0.05, 0.1) is 19.8 Å². The van der Waals surface area contributed by atoms with Crippen molar-refractivity contribution in [1.82, 2.24) is 15.1 Å². The number of hydrogen-bond acceptors (Lipinski definition) is 4. The van der Waals surface area contributed by atoms with Crippen molar-refractivity contribution in [3.8, 4) is 0 Å². The quantitative estimate of drug-likeness (QED) is 0.380. The number of hydrogen-bond donors (Lipinski definition) is 1. The van der Waals surface area contributed by atoms with Gasteiger partial charge in [0.25, 0.3) is 0 Å². The highest BCUT2D eigenvalue weighted by Gasteiger charge is 2.43. The molecule has 0 radical (unpaired) electrons. The van der Waals surface area contributed by atoms with E-state index in [1.165, 1.54) is 38.6 Å². The van der Waals surface area contributed by atoms with E-state index in [1.54, 1.807) is 0 Å². The van der Waals surface area contributed by atoms with Crippen molar-refractivity contribution in [2.75, 3.05) is 66.2 Å². The molecule has 0 aromatic rings. The Morgan fingerprint density at radius 3 is 2.54 bits per heavy atom. The van der Waals surface area contributed by atoms with Gasteiger partial charge < -0.3 is 19.7 Å². The molecule has 1 aliphatic carbocycles. The zero-order chi connectivity index (χ0) is 17.1. The van der Waals surface area contributed by atoms with Crippen LogP contribution in [-0.2, 0) is 9.47 Å². The first-order valence-corrected chi connectivity index (χ1v) is 10.1. The van der Waals surface area contributed by atoms with Crippen molar-refractivity contribution in [2.45, 2.75) is 38.1 Å². The van der Waals surface area contributed by atoms with E-state index in [0.717, 1.165) is 58.6 Å². The van der Waals surface area contributed by atoms with Gasteiger partial charge in [-0.2, -0.15) is 0 Å². The Morgan fingerprint density at radius 1 is 1.15 bits per heavy atom. The number of nitrogens with zero attached hydrogens (tertiary/aromatic N) is 3. The number of morpholine rings is 1. The van der Waals surface area contributed by atoms with Crippen molar-refractivity contribution in [3.63, 3.8) is 0 Å². The number of aliphatic imine (C=N–C) groups is 1. The maximum atomic E-state index is 5.68. The topological polar surface area (TPSA) is 49.3 Å². The molecule has 4 aliphatic rings. The molecule has 150 valence electrons. The average molecular weight is 478 g/mol. The molecule has 4 rings (SSSR count). The highest BCUT2D eigenvalue weighted by Crippen LogP contribution is 2.47. The highest BCUT2D eigenvalue weighted by atomic mass is 127. The van der Waals surface area contributed by atoms with E-state index < -0.39 is 0 Å². The lowest BCUT2D eigenvalue weighted by Gasteiger charge is -2.39. The van der Waals surface area contributed by atoms with Gasteiger partial charge >= 0.3 is 0 Å². The van der Waals surface area contributed by atoms with E-state index in [2.05, 4.69) is 20.1 Å². The molecular formula is C19H35IN4O2. The first kappa shape index (κ1) is 20.6. The van der Waals surface area contributed by atoms with Crippen LogP contribution in [0.4, 0.5) is 0 Å². The lowest BCUT2D eigenvalue weighted by Crippen LogP contribution is -2.54. The van der Waals surface area contributed by atoms with E-state index in [4.69, 9.17) is 9.47 Å². The monoisotopic (exact) mass is 478 g/mol. The Labute approximate surface area is 175 Å². The lowest BCUT2D eigenvalue weighted by atomic mass is 9.68. The molecule has 7 heteroatoms. The molecule has 1 N–H and O–H groups in total. The second-order valence-electron chi connectivity index (χ2n) is 8.29. The van der Waals surface area contributed by atoms with Gasteiger partial charge in [-0.15, -0.1) is 24.0 Å². The molecule has 0 aromatic heterocycles. The predicted octanol–water partition coefficient (Wildman–Crippen LogP) is 1.79. The van der Waals surface area contributed by atoms with E-state index in [-0.39, 0.29) is 24.0 Å². The van der Waals surface area contributed by atoms with Crippen LogP contribution < -0.4 is 5.32 Å². The fourth-order valence-corrected chi connectivity index (χ4v) is 5.09. The number of ether oxygens (including phenoxy) is 2. The highest BCUT2D eigenvalue weighted by molar-refractivity contribution is 14.0. The third-order valence-corrected chi connectivity index (χ3v) is 6.86. The van der Waals surface area contributed by atoms with Crippen molar-refractivity contribution in [1.29, 1.82) is 0 Å². The zero-order valence-corrected chi connectivity index (χ0v) is 18.5. The zero-order valence-electron chi connectivity index (χ0n) is 16.1. The molecule has 0 bridgehead atoms. The molecule has 3 heterocycles. The normalized spacial score (nSPS) is 30.1. The molecular weight excluding hydrogens is 443 g/mol. The Bertz CT molecular complexity index is 474. The molecule has 0 aromatic carbocycles. The number of guanidine groups is 1. The van der Waals surface area contributed by atoms with Crippen molar-refractivity contribution in [2.24, 2.45) is 16.3 Å². The molecule has 6 nitrogen and oxygen atoms in total. The molecule has 3 saturated heterocycles. The Kier molecular flexibility index (Phi) is 7.44. The number of nitrogens with one attached hydrogen (secondary N) is 1. The second-order valence-corrected chi connectivity index (χ2v) is 8.29. The van der Waals surface area contributed by atoms with Crippen LogP contribution in [0.5, 0.6) is 0 Å². The Hall–Kier alpha value is -0.120. The number of halogens is 1. The summed E-state index contributed by atoms with van der Waals surface area (Å²) in [5, 5.41) is 3.71. The van der Waals surface area contributed by atoms with Crippen LogP contribution in [0.2, 0.25) is 0 Å². The van der Waals surface area contributed by atoms with Crippen LogP contribution in [0.1, 0.15) is 32.1 Å². The molecule has 2 unspecified atom stereocenters. The van der Waals surface area contributed by atoms with E-state index in [9.17, 15) is 0 Å². The van der Waals surface area contributed by atoms with Crippen LogP contribution in [0.25, 0.3) is 0 Å². The fourth-order valence-electron chi connectivity index (χ4n) is 5.09. The predicted molar refractivity (Wildman–Crippen MR) is 114 cm³/mol. The van der Waals surface area contributed by atoms with Crippen molar-refractivity contribution >= 4 is 29.9 Å². The van der Waals surface area contributed by atoms with Crippen molar-refractivity contribution in [3.05, 3.63) is 0 Å². The summed E-state index contributed by atoms with van der Waals surface area (Å²) in [6, 6.07) is 0.517. The SMILES string of the molecule is CN=C(NCC(C1CCOC1)N1CCOCC1)N1CCC2(CCC2)C1.I. The van der Waals surface area contributed by atoms with Gasteiger partial charge in [0, 0.05) is 58.3 Å². The van der Waals surface area contributed by atoms with Gasteiger partial charge in [0.15, 0.2) is 5.96 Å². The Balaban J connectivity index is 0.00000196. The smallest absolute Gasteiger partial charge is 0.193 e. The minimum atomic E-state index is 0. The molecule has 4 fully saturated rings. The summed E-state index contributed by atoms with van der Waals surface area (Å²) in [5.74, 6) is 1.72. The standard InChI is InChI=1S/C19H34N4O2.HI/c1-20-18(23-7-6-19(15-23)4-2-5-19)21-13-17(16-3-10-25-14-16)22-8-11-24-12-9-22;/h16-17H,2-15H2,1H3,(H,20,21);1H. The average Bonchev–Trinajstić information content (AvgIpc) is 3.29. The van der Waals surface area contributed by atoms with Crippen LogP contribution in [0.15, 0.2) is 4.99 Å². The van der Waals surface area contributed by atoms with Gasteiger partial charge in [0.2, 0.25) is 0 Å². The van der Waals surface area contributed by atoms with Gasteiger partial charge in [-0.3, -0.25) is 9.89 Å². The fraction of sp³-hybridized carbons (Fsp3) is 0.947. The minimum absolute atomic E-state index is 0. The van der Waals surface area contributed by atoms with Gasteiger partial charge in [-0.05, 0) is 31.1 Å². The van der Waals surface area contributed by atoms with E-state index in [1.807, 2.05) is 7.05 Å². The van der Waals surface area contributed by atoms with Crippen LogP contribution >= 0.6 is 24.0 Å². The summed E-state index contributed by atoms with van der Waals surface area (Å²) in [6.45, 7) is 8.91. The first-order valence-electron chi connectivity index (χ1n) is 10.1. The molecule has 1 saturated carbocycles. The van der Waals surface area contributed by atoms with Gasteiger partial charge in [0.1, 0.15) is 0 Å². The maximum Gasteiger partial charge on any atom is 0.193 e. The lowest BCUT2D eigenvalue weighted by molar-refractivity contribution is 0.00234. The summed E-state index contributed by atoms with van der Waals surface area (Å²) in [7, 11) is 1.93. The first-order chi connectivity index (χ1) is 12.3. The third kappa shape index (κ3) is 4.47. The largest absolute Gasteiger partial charge is 0.381 e. The Morgan fingerprint density at radius 2 is 1.96 bits per heavy atom. The van der Waals surface area contributed by atoms with Crippen molar-refractivity contribution < 1.29 is 9.47 Å². The van der Waals surface area contributed by atoms with Crippen LogP contribution in [0.3, 0.4) is 0 Å². The van der Waals surface area contributed by atoms with Crippen LogP contribution in [0, 0.1) is 11.3 Å². The van der Waals surface area contributed by atoms with E-state index >= 15 is 0 Å². The van der Waals surface area contributed by atoms with Gasteiger partial charge in [-0.1, -0.05) is 6.42 Å². The third-order valence-electron chi connectivity index (χ3n) is 6.86. The maximum absolute atomic E-state index is 5.68. The minimum Gasteiger partial charge on any atom is -0.381 e. The number of likely N-dealkylation sites (tertiary alicyclic amines) is 1. The van der Waals surface area contributed by atoms with E-state index in [0.29, 0.717) is 17.4 Å². The molecule has 26 heavy (non-hydrogen) atoms. The molecule has 0 amide bonds. The summed E-state index contributed by atoms with van der Waals surface area (Å²) in [4.78, 5) is 9.68. The molecule has 3 aliphatic heterocycles. The van der Waals surface area contributed by atoms with Gasteiger partial charge in [-0.25, -0.2) is 0 Å².